The molecule has 1 aromatic carbocycles. The lowest BCUT2D eigenvalue weighted by atomic mass is 9.86. The van der Waals surface area contributed by atoms with Crippen molar-refractivity contribution in [3.8, 4) is 0 Å². The molecule has 0 bridgehead atoms. The highest BCUT2D eigenvalue weighted by atomic mass is 35.5. The first kappa shape index (κ1) is 17.2. The van der Waals surface area contributed by atoms with E-state index in [0.717, 1.165) is 10.4 Å². The standard InChI is InChI=1S/C16H22ClN3OS/c1-16(2,3)13(9-21)20-14(12-8-19-15(18)22-12)10-6-4-5-7-11(10)17/h4-8,13-14,20-21H,9H2,1-3H3,(H2,18,19)/t13-,14?/m1/s1. The molecule has 2 aromatic rings. The number of aliphatic hydroxyl groups excluding tert-OH is 1. The normalized spacial score (nSPS) is 14.8. The van der Waals surface area contributed by atoms with Crippen LogP contribution in [0.5, 0.6) is 0 Å². The van der Waals surface area contributed by atoms with Crippen molar-refractivity contribution in [2.75, 3.05) is 12.3 Å². The minimum absolute atomic E-state index is 0.0404. The summed E-state index contributed by atoms with van der Waals surface area (Å²) < 4.78 is 0. The zero-order valence-corrected chi connectivity index (χ0v) is 14.6. The lowest BCUT2D eigenvalue weighted by Gasteiger charge is -2.33. The van der Waals surface area contributed by atoms with E-state index in [-0.39, 0.29) is 24.1 Å². The molecule has 0 saturated heterocycles. The average molecular weight is 340 g/mol. The number of nitrogen functional groups attached to an aromatic ring is 1. The largest absolute Gasteiger partial charge is 0.395 e. The number of nitrogens with one attached hydrogen (secondary N) is 1. The van der Waals surface area contributed by atoms with Crippen molar-refractivity contribution >= 4 is 28.1 Å². The molecule has 6 heteroatoms. The fraction of sp³-hybridized carbons (Fsp3) is 0.438. The minimum Gasteiger partial charge on any atom is -0.395 e. The maximum atomic E-state index is 9.75. The van der Waals surface area contributed by atoms with E-state index in [1.165, 1.54) is 11.3 Å². The summed E-state index contributed by atoms with van der Waals surface area (Å²) in [4.78, 5) is 5.12. The van der Waals surface area contributed by atoms with E-state index in [4.69, 9.17) is 17.3 Å². The van der Waals surface area contributed by atoms with Crippen molar-refractivity contribution in [3.63, 3.8) is 0 Å². The number of nitrogens with zero attached hydrogens (tertiary/aromatic N) is 1. The van der Waals surface area contributed by atoms with Gasteiger partial charge >= 0.3 is 0 Å². The van der Waals surface area contributed by atoms with Gasteiger partial charge in [-0.2, -0.15) is 0 Å². The number of nitrogens with two attached hydrogens (primary N) is 1. The summed E-state index contributed by atoms with van der Waals surface area (Å²) in [6.45, 7) is 6.31. The number of anilines is 1. The topological polar surface area (TPSA) is 71.2 Å². The molecule has 1 unspecified atom stereocenters. The van der Waals surface area contributed by atoms with E-state index in [9.17, 15) is 5.11 Å². The molecule has 4 N–H and O–H groups in total. The van der Waals surface area contributed by atoms with E-state index < -0.39 is 0 Å². The van der Waals surface area contributed by atoms with Crippen LogP contribution in [-0.2, 0) is 0 Å². The van der Waals surface area contributed by atoms with Gasteiger partial charge in [0.1, 0.15) is 0 Å². The first-order valence-corrected chi connectivity index (χ1v) is 8.35. The van der Waals surface area contributed by atoms with Gasteiger partial charge in [0, 0.05) is 22.1 Å². The van der Waals surface area contributed by atoms with E-state index in [0.29, 0.717) is 10.2 Å². The number of benzene rings is 1. The zero-order valence-electron chi connectivity index (χ0n) is 13.0. The molecule has 0 spiro atoms. The van der Waals surface area contributed by atoms with Gasteiger partial charge in [0.25, 0.3) is 0 Å². The third-order valence-corrected chi connectivity index (χ3v) is 4.87. The maximum Gasteiger partial charge on any atom is 0.180 e. The van der Waals surface area contributed by atoms with Gasteiger partial charge in [-0.25, -0.2) is 4.98 Å². The highest BCUT2D eigenvalue weighted by molar-refractivity contribution is 7.15. The Morgan fingerprint density at radius 1 is 1.36 bits per heavy atom. The van der Waals surface area contributed by atoms with Gasteiger partial charge in [-0.3, -0.25) is 5.32 Å². The third kappa shape index (κ3) is 3.98. The Kier molecular flexibility index (Phi) is 5.45. The Labute approximate surface area is 140 Å². The van der Waals surface area contributed by atoms with E-state index >= 15 is 0 Å². The summed E-state index contributed by atoms with van der Waals surface area (Å²) in [6.07, 6.45) is 1.76. The molecule has 120 valence electrons. The number of hydrogen-bond acceptors (Lipinski definition) is 5. The number of thiazole rings is 1. The SMILES string of the molecule is CC(C)(C)[C@@H](CO)NC(c1cnc(N)s1)c1ccccc1Cl. The van der Waals surface area contributed by atoms with Crippen LogP contribution < -0.4 is 11.1 Å². The van der Waals surface area contributed by atoms with Crippen LogP contribution in [0, 0.1) is 5.41 Å². The second-order valence-corrected chi connectivity index (χ2v) is 7.82. The summed E-state index contributed by atoms with van der Waals surface area (Å²) >= 11 is 7.79. The molecule has 0 radical (unpaired) electrons. The van der Waals surface area contributed by atoms with Gasteiger partial charge in [0.15, 0.2) is 5.13 Å². The fourth-order valence-electron chi connectivity index (χ4n) is 2.25. The molecule has 0 fully saturated rings. The van der Waals surface area contributed by atoms with Crippen molar-refractivity contribution in [2.45, 2.75) is 32.9 Å². The van der Waals surface area contributed by atoms with Gasteiger partial charge in [0.05, 0.1) is 12.6 Å². The summed E-state index contributed by atoms with van der Waals surface area (Å²) in [5.41, 5.74) is 6.64. The van der Waals surface area contributed by atoms with Crippen molar-refractivity contribution in [3.05, 3.63) is 45.9 Å². The highest BCUT2D eigenvalue weighted by Gasteiger charge is 2.29. The van der Waals surface area contributed by atoms with Crippen LogP contribution in [-0.4, -0.2) is 22.7 Å². The molecule has 1 heterocycles. The van der Waals surface area contributed by atoms with E-state index in [1.807, 2.05) is 24.3 Å². The molecular weight excluding hydrogens is 318 g/mol. The number of halogens is 1. The van der Waals surface area contributed by atoms with Gasteiger partial charge in [-0.05, 0) is 17.0 Å². The molecule has 0 aliphatic rings. The van der Waals surface area contributed by atoms with E-state index in [2.05, 4.69) is 31.1 Å². The number of hydrogen-bond donors (Lipinski definition) is 3. The summed E-state index contributed by atoms with van der Waals surface area (Å²) in [5.74, 6) is 0. The Bertz CT molecular complexity index is 624. The quantitative estimate of drug-likeness (QED) is 0.780. The third-order valence-electron chi connectivity index (χ3n) is 3.64. The number of aliphatic hydroxyl groups is 1. The Morgan fingerprint density at radius 2 is 2.05 bits per heavy atom. The monoisotopic (exact) mass is 339 g/mol. The molecule has 22 heavy (non-hydrogen) atoms. The van der Waals surface area contributed by atoms with Crippen LogP contribution in [0.2, 0.25) is 5.02 Å². The highest BCUT2D eigenvalue weighted by Crippen LogP contribution is 2.34. The second kappa shape index (κ2) is 6.96. The fourth-order valence-corrected chi connectivity index (χ4v) is 3.26. The summed E-state index contributed by atoms with van der Waals surface area (Å²) in [6, 6.07) is 7.45. The van der Waals surface area contributed by atoms with Gasteiger partial charge < -0.3 is 10.8 Å². The summed E-state index contributed by atoms with van der Waals surface area (Å²) in [7, 11) is 0. The predicted molar refractivity (Wildman–Crippen MR) is 93.3 cm³/mol. The first-order chi connectivity index (χ1) is 10.3. The molecule has 0 amide bonds. The Hall–Kier alpha value is -1.14. The minimum atomic E-state index is -0.153. The zero-order chi connectivity index (χ0) is 16.3. The molecular formula is C16H22ClN3OS. The van der Waals surface area contributed by atoms with Crippen LogP contribution in [0.4, 0.5) is 5.13 Å². The summed E-state index contributed by atoms with van der Waals surface area (Å²) in [5, 5.41) is 14.5. The van der Waals surface area contributed by atoms with Crippen LogP contribution in [0.15, 0.2) is 30.5 Å². The van der Waals surface area contributed by atoms with Gasteiger partial charge in [-0.15, -0.1) is 11.3 Å². The maximum absolute atomic E-state index is 9.75. The average Bonchev–Trinajstić information content (AvgIpc) is 2.86. The lowest BCUT2D eigenvalue weighted by Crippen LogP contribution is -2.45. The number of rotatable bonds is 5. The molecule has 2 rings (SSSR count). The van der Waals surface area contributed by atoms with Crippen LogP contribution >= 0.6 is 22.9 Å². The molecule has 0 aliphatic carbocycles. The van der Waals surface area contributed by atoms with Gasteiger partial charge in [0.2, 0.25) is 0 Å². The number of aromatic nitrogens is 1. The van der Waals surface area contributed by atoms with Crippen molar-refractivity contribution < 1.29 is 5.11 Å². The molecule has 1 aromatic heterocycles. The van der Waals surface area contributed by atoms with Crippen molar-refractivity contribution in [1.82, 2.24) is 10.3 Å². The molecule has 0 aliphatic heterocycles. The molecule has 0 saturated carbocycles. The van der Waals surface area contributed by atoms with E-state index in [1.54, 1.807) is 6.20 Å². The Morgan fingerprint density at radius 3 is 2.55 bits per heavy atom. The second-order valence-electron chi connectivity index (χ2n) is 6.32. The smallest absolute Gasteiger partial charge is 0.180 e. The van der Waals surface area contributed by atoms with Crippen molar-refractivity contribution in [1.29, 1.82) is 0 Å². The van der Waals surface area contributed by atoms with Crippen LogP contribution in [0.3, 0.4) is 0 Å². The van der Waals surface area contributed by atoms with Crippen LogP contribution in [0.25, 0.3) is 0 Å². The first-order valence-electron chi connectivity index (χ1n) is 7.15. The van der Waals surface area contributed by atoms with Gasteiger partial charge in [-0.1, -0.05) is 50.6 Å². The molecule has 2 atom stereocenters. The van der Waals surface area contributed by atoms with Crippen LogP contribution in [0.1, 0.15) is 37.3 Å². The lowest BCUT2D eigenvalue weighted by molar-refractivity contribution is 0.152. The predicted octanol–water partition coefficient (Wildman–Crippen LogP) is 3.46. The van der Waals surface area contributed by atoms with Crippen molar-refractivity contribution in [2.24, 2.45) is 5.41 Å². The molecule has 4 nitrogen and oxygen atoms in total. The Balaban J connectivity index is 2.41.